The first-order valence-electron chi connectivity index (χ1n) is 8.28. The first-order chi connectivity index (χ1) is 10.5. The number of rotatable bonds is 4. The lowest BCUT2D eigenvalue weighted by atomic mass is 9.92. The van der Waals surface area contributed by atoms with E-state index >= 15 is 0 Å². The van der Waals surface area contributed by atoms with Crippen LogP contribution in [0.25, 0.3) is 0 Å². The van der Waals surface area contributed by atoms with Gasteiger partial charge in [0, 0.05) is 6.04 Å². The zero-order valence-electron chi connectivity index (χ0n) is 13.8. The highest BCUT2D eigenvalue weighted by atomic mass is 16.3. The fourth-order valence-electron chi connectivity index (χ4n) is 3.13. The van der Waals surface area contributed by atoms with Crippen molar-refractivity contribution in [3.05, 3.63) is 35.4 Å². The summed E-state index contributed by atoms with van der Waals surface area (Å²) in [5, 5.41) is 15.7. The van der Waals surface area contributed by atoms with Crippen molar-refractivity contribution in [3.8, 4) is 0 Å². The summed E-state index contributed by atoms with van der Waals surface area (Å²) in [6.07, 6.45) is 3.06. The van der Waals surface area contributed by atoms with Crippen molar-refractivity contribution in [3.63, 3.8) is 0 Å². The Balaban J connectivity index is 1.96. The third-order valence-corrected chi connectivity index (χ3v) is 4.51. The fraction of sp³-hybridized carbons (Fsp3) is 0.611. The van der Waals surface area contributed by atoms with E-state index in [-0.39, 0.29) is 24.2 Å². The highest BCUT2D eigenvalue weighted by Crippen LogP contribution is 2.24. The molecular formula is C18H28N2O2. The minimum Gasteiger partial charge on any atom is -0.393 e. The zero-order valence-corrected chi connectivity index (χ0v) is 13.8. The molecule has 1 aliphatic carbocycles. The van der Waals surface area contributed by atoms with E-state index in [9.17, 15) is 9.90 Å². The van der Waals surface area contributed by atoms with Gasteiger partial charge in [-0.3, -0.25) is 0 Å². The number of carbonyl (C=O) groups excluding carboxylic acids is 1. The second kappa shape index (κ2) is 7.63. The van der Waals surface area contributed by atoms with Gasteiger partial charge >= 0.3 is 6.03 Å². The molecular weight excluding hydrogens is 276 g/mol. The molecule has 0 radical (unpaired) electrons. The molecule has 1 atom stereocenters. The van der Waals surface area contributed by atoms with E-state index < -0.39 is 0 Å². The van der Waals surface area contributed by atoms with E-state index in [0.29, 0.717) is 5.92 Å². The molecule has 2 rings (SSSR count). The van der Waals surface area contributed by atoms with Gasteiger partial charge in [0.05, 0.1) is 12.1 Å². The maximum Gasteiger partial charge on any atom is 0.315 e. The van der Waals surface area contributed by atoms with E-state index in [2.05, 4.69) is 43.5 Å². The second-order valence-corrected chi connectivity index (χ2v) is 6.70. The molecule has 1 fully saturated rings. The van der Waals surface area contributed by atoms with Crippen LogP contribution < -0.4 is 10.6 Å². The van der Waals surface area contributed by atoms with E-state index in [4.69, 9.17) is 0 Å². The lowest BCUT2D eigenvalue weighted by Gasteiger charge is -2.29. The highest BCUT2D eigenvalue weighted by Gasteiger charge is 2.23. The summed E-state index contributed by atoms with van der Waals surface area (Å²) in [5.74, 6) is 0.319. The number of aryl methyl sites for hydroxylation is 1. The standard InChI is InChI=1S/C18H28N2O2/c1-12(2)17(16-7-5-4-6-13(16)3)20-18(22)19-14-8-10-15(21)11-9-14/h4-7,12,14-15,17,21H,8-11H2,1-3H3,(H2,19,20,22). The molecule has 4 nitrogen and oxygen atoms in total. The summed E-state index contributed by atoms with van der Waals surface area (Å²) < 4.78 is 0. The molecule has 1 aromatic rings. The van der Waals surface area contributed by atoms with Crippen molar-refractivity contribution in [1.29, 1.82) is 0 Å². The van der Waals surface area contributed by atoms with E-state index in [1.807, 2.05) is 12.1 Å². The van der Waals surface area contributed by atoms with Crippen LogP contribution in [0.2, 0.25) is 0 Å². The Labute approximate surface area is 133 Å². The Hall–Kier alpha value is -1.55. The van der Waals surface area contributed by atoms with Crippen LogP contribution in [0.4, 0.5) is 4.79 Å². The molecule has 0 saturated heterocycles. The number of aliphatic hydroxyl groups is 1. The van der Waals surface area contributed by atoms with Gasteiger partial charge < -0.3 is 15.7 Å². The van der Waals surface area contributed by atoms with Crippen LogP contribution in [0.5, 0.6) is 0 Å². The number of nitrogens with one attached hydrogen (secondary N) is 2. The topological polar surface area (TPSA) is 61.4 Å². The van der Waals surface area contributed by atoms with Crippen LogP contribution in [-0.4, -0.2) is 23.3 Å². The third kappa shape index (κ3) is 4.47. The smallest absolute Gasteiger partial charge is 0.315 e. The average molecular weight is 304 g/mol. The van der Waals surface area contributed by atoms with Crippen LogP contribution in [0.15, 0.2) is 24.3 Å². The van der Waals surface area contributed by atoms with Gasteiger partial charge in [0.1, 0.15) is 0 Å². The molecule has 1 saturated carbocycles. The quantitative estimate of drug-likeness (QED) is 0.799. The number of carbonyl (C=O) groups is 1. The lowest BCUT2D eigenvalue weighted by molar-refractivity contribution is 0.117. The van der Waals surface area contributed by atoms with Crippen LogP contribution in [-0.2, 0) is 0 Å². The summed E-state index contributed by atoms with van der Waals surface area (Å²) in [7, 11) is 0. The molecule has 4 heteroatoms. The number of aliphatic hydroxyl groups excluding tert-OH is 1. The van der Waals surface area contributed by atoms with Gasteiger partial charge in [0.25, 0.3) is 0 Å². The predicted octanol–water partition coefficient (Wildman–Crippen LogP) is 3.29. The van der Waals surface area contributed by atoms with Crippen molar-refractivity contribution >= 4 is 6.03 Å². The van der Waals surface area contributed by atoms with Crippen LogP contribution >= 0.6 is 0 Å². The van der Waals surface area contributed by atoms with Crippen molar-refractivity contribution in [1.82, 2.24) is 10.6 Å². The third-order valence-electron chi connectivity index (χ3n) is 4.51. The van der Waals surface area contributed by atoms with Crippen molar-refractivity contribution in [2.24, 2.45) is 5.92 Å². The van der Waals surface area contributed by atoms with Gasteiger partial charge in [-0.2, -0.15) is 0 Å². The van der Waals surface area contributed by atoms with Gasteiger partial charge in [-0.1, -0.05) is 38.1 Å². The molecule has 22 heavy (non-hydrogen) atoms. The Morgan fingerprint density at radius 1 is 1.18 bits per heavy atom. The maximum atomic E-state index is 12.3. The van der Waals surface area contributed by atoms with Gasteiger partial charge in [-0.25, -0.2) is 4.79 Å². The molecule has 2 amide bonds. The Kier molecular flexibility index (Phi) is 5.83. The number of hydrogen-bond donors (Lipinski definition) is 3. The molecule has 1 aromatic carbocycles. The summed E-state index contributed by atoms with van der Waals surface area (Å²) in [4.78, 5) is 12.3. The minimum absolute atomic E-state index is 0.00961. The summed E-state index contributed by atoms with van der Waals surface area (Å²) >= 11 is 0. The Bertz CT molecular complexity index is 494. The van der Waals surface area contributed by atoms with Crippen molar-refractivity contribution in [2.45, 2.75) is 64.6 Å². The van der Waals surface area contributed by atoms with Crippen LogP contribution in [0.1, 0.15) is 56.7 Å². The largest absolute Gasteiger partial charge is 0.393 e. The van der Waals surface area contributed by atoms with Crippen molar-refractivity contribution in [2.75, 3.05) is 0 Å². The number of urea groups is 1. The van der Waals surface area contributed by atoms with E-state index in [1.165, 1.54) is 11.1 Å². The molecule has 0 heterocycles. The molecule has 1 aliphatic rings. The maximum absolute atomic E-state index is 12.3. The van der Waals surface area contributed by atoms with E-state index in [1.54, 1.807) is 0 Å². The number of benzene rings is 1. The van der Waals surface area contributed by atoms with Crippen LogP contribution in [0, 0.1) is 12.8 Å². The molecule has 0 bridgehead atoms. The molecule has 3 N–H and O–H groups in total. The van der Waals surface area contributed by atoms with Crippen molar-refractivity contribution < 1.29 is 9.90 Å². The highest BCUT2D eigenvalue weighted by molar-refractivity contribution is 5.75. The van der Waals surface area contributed by atoms with E-state index in [0.717, 1.165) is 25.7 Å². The number of hydrogen-bond acceptors (Lipinski definition) is 2. The Morgan fingerprint density at radius 2 is 1.82 bits per heavy atom. The normalized spacial score (nSPS) is 23.1. The summed E-state index contributed by atoms with van der Waals surface area (Å²) in [5.41, 5.74) is 2.37. The van der Waals surface area contributed by atoms with Crippen LogP contribution in [0.3, 0.4) is 0 Å². The van der Waals surface area contributed by atoms with Gasteiger partial charge in [0.15, 0.2) is 0 Å². The molecule has 0 spiro atoms. The monoisotopic (exact) mass is 304 g/mol. The number of amides is 2. The summed E-state index contributed by atoms with van der Waals surface area (Å²) in [6.45, 7) is 6.32. The van der Waals surface area contributed by atoms with Gasteiger partial charge in [-0.15, -0.1) is 0 Å². The van der Waals surface area contributed by atoms with Gasteiger partial charge in [-0.05, 0) is 49.7 Å². The molecule has 0 aliphatic heterocycles. The molecule has 1 unspecified atom stereocenters. The minimum atomic E-state index is -0.198. The average Bonchev–Trinajstić information content (AvgIpc) is 2.48. The molecule has 0 aromatic heterocycles. The molecule has 122 valence electrons. The van der Waals surface area contributed by atoms with Gasteiger partial charge in [0.2, 0.25) is 0 Å². The summed E-state index contributed by atoms with van der Waals surface area (Å²) in [6, 6.07) is 8.26. The predicted molar refractivity (Wildman–Crippen MR) is 88.7 cm³/mol. The second-order valence-electron chi connectivity index (χ2n) is 6.70. The first kappa shape index (κ1) is 16.8. The lowest BCUT2D eigenvalue weighted by Crippen LogP contribution is -2.46. The zero-order chi connectivity index (χ0) is 16.1. The SMILES string of the molecule is Cc1ccccc1C(NC(=O)NC1CCC(O)CC1)C(C)C. The fourth-order valence-corrected chi connectivity index (χ4v) is 3.13. The Morgan fingerprint density at radius 3 is 2.41 bits per heavy atom. The first-order valence-corrected chi connectivity index (χ1v) is 8.28.